The van der Waals surface area contributed by atoms with Crippen molar-refractivity contribution >= 4 is 15.9 Å². The first-order valence-electron chi connectivity index (χ1n) is 3.97. The molecule has 0 spiro atoms. The van der Waals surface area contributed by atoms with Crippen molar-refractivity contribution in [1.82, 2.24) is 5.32 Å². The van der Waals surface area contributed by atoms with E-state index < -0.39 is 0 Å². The van der Waals surface area contributed by atoms with Crippen LogP contribution in [0.25, 0.3) is 0 Å². The Labute approximate surface area is 77.8 Å². The fourth-order valence-electron chi connectivity index (χ4n) is 0.621. The zero-order chi connectivity index (χ0) is 8.74. The third-order valence-corrected chi connectivity index (χ3v) is 1.48. The van der Waals surface area contributed by atoms with Gasteiger partial charge in [0.15, 0.2) is 0 Å². The maximum Gasteiger partial charge on any atom is 0.0599 e. The van der Waals surface area contributed by atoms with Gasteiger partial charge in [-0.25, -0.2) is 0 Å². The van der Waals surface area contributed by atoms with Gasteiger partial charge in [-0.05, 0) is 20.8 Å². The predicted octanol–water partition coefficient (Wildman–Crippen LogP) is 1.79. The summed E-state index contributed by atoms with van der Waals surface area (Å²) in [6.07, 6.45) is 0. The molecule has 0 aromatic rings. The molecule has 0 saturated carbocycles. The molecular formula is C8H18BrNO. The highest BCUT2D eigenvalue weighted by atomic mass is 79.9. The average molecular weight is 224 g/mol. The molecule has 0 rings (SSSR count). The summed E-state index contributed by atoms with van der Waals surface area (Å²) in [6.45, 7) is 8.93. The highest BCUT2D eigenvalue weighted by molar-refractivity contribution is 9.09. The molecule has 0 aromatic heterocycles. The minimum Gasteiger partial charge on any atom is -0.375 e. The van der Waals surface area contributed by atoms with Gasteiger partial charge in [0.2, 0.25) is 0 Å². The molecule has 2 nitrogen and oxygen atoms in total. The van der Waals surface area contributed by atoms with Gasteiger partial charge in [-0.15, -0.1) is 0 Å². The highest BCUT2D eigenvalue weighted by Gasteiger charge is 2.08. The molecular weight excluding hydrogens is 206 g/mol. The van der Waals surface area contributed by atoms with Crippen LogP contribution in [0, 0.1) is 0 Å². The first kappa shape index (κ1) is 11.4. The monoisotopic (exact) mass is 223 g/mol. The van der Waals surface area contributed by atoms with Crippen molar-refractivity contribution in [3.8, 4) is 0 Å². The molecule has 0 bridgehead atoms. The van der Waals surface area contributed by atoms with Crippen molar-refractivity contribution in [3.05, 3.63) is 0 Å². The lowest BCUT2D eigenvalue weighted by molar-refractivity contribution is -0.000602. The minimum absolute atomic E-state index is 0.00389. The molecule has 0 fully saturated rings. The molecule has 11 heavy (non-hydrogen) atoms. The van der Waals surface area contributed by atoms with Gasteiger partial charge in [0.25, 0.3) is 0 Å². The Morgan fingerprint density at radius 1 is 1.27 bits per heavy atom. The lowest BCUT2D eigenvalue weighted by atomic mass is 10.2. The van der Waals surface area contributed by atoms with Gasteiger partial charge in [0.05, 0.1) is 12.2 Å². The molecule has 0 unspecified atom stereocenters. The van der Waals surface area contributed by atoms with Crippen LogP contribution in [0.15, 0.2) is 0 Å². The third-order valence-electron chi connectivity index (χ3n) is 1.09. The lowest BCUT2D eigenvalue weighted by Crippen LogP contribution is -2.27. The Morgan fingerprint density at radius 3 is 2.36 bits per heavy atom. The molecule has 0 heterocycles. The quantitative estimate of drug-likeness (QED) is 0.567. The number of nitrogens with one attached hydrogen (secondary N) is 1. The van der Waals surface area contributed by atoms with Gasteiger partial charge >= 0.3 is 0 Å². The van der Waals surface area contributed by atoms with Crippen LogP contribution < -0.4 is 5.32 Å². The van der Waals surface area contributed by atoms with Gasteiger partial charge in [-0.3, -0.25) is 0 Å². The largest absolute Gasteiger partial charge is 0.375 e. The number of alkyl halides is 1. The van der Waals surface area contributed by atoms with E-state index in [1.54, 1.807) is 0 Å². The van der Waals surface area contributed by atoms with Crippen LogP contribution in [0.1, 0.15) is 20.8 Å². The topological polar surface area (TPSA) is 21.3 Å². The maximum absolute atomic E-state index is 5.50. The van der Waals surface area contributed by atoms with E-state index in [1.165, 1.54) is 0 Å². The number of hydrogen-bond donors (Lipinski definition) is 1. The van der Waals surface area contributed by atoms with Crippen molar-refractivity contribution in [2.24, 2.45) is 0 Å². The SMILES string of the molecule is CC(C)(C)OCCNCCBr. The van der Waals surface area contributed by atoms with Crippen molar-refractivity contribution in [2.75, 3.05) is 25.0 Å². The van der Waals surface area contributed by atoms with Gasteiger partial charge < -0.3 is 10.1 Å². The normalized spacial score (nSPS) is 12.0. The van der Waals surface area contributed by atoms with E-state index in [4.69, 9.17) is 4.74 Å². The van der Waals surface area contributed by atoms with E-state index in [2.05, 4.69) is 42.0 Å². The van der Waals surface area contributed by atoms with Crippen LogP contribution in [0.2, 0.25) is 0 Å². The summed E-state index contributed by atoms with van der Waals surface area (Å²) in [5.41, 5.74) is -0.00389. The number of halogens is 1. The summed E-state index contributed by atoms with van der Waals surface area (Å²) in [5.74, 6) is 0. The number of ether oxygens (including phenoxy) is 1. The number of hydrogen-bond acceptors (Lipinski definition) is 2. The van der Waals surface area contributed by atoms with Crippen molar-refractivity contribution in [3.63, 3.8) is 0 Å². The Balaban J connectivity index is 3.02. The van der Waals surface area contributed by atoms with Gasteiger partial charge in [-0.2, -0.15) is 0 Å². The predicted molar refractivity (Wildman–Crippen MR) is 52.4 cm³/mol. The van der Waals surface area contributed by atoms with Crippen LogP contribution in [0.3, 0.4) is 0 Å². The van der Waals surface area contributed by atoms with E-state index in [0.29, 0.717) is 0 Å². The summed E-state index contributed by atoms with van der Waals surface area (Å²) in [4.78, 5) is 0. The van der Waals surface area contributed by atoms with E-state index >= 15 is 0 Å². The summed E-state index contributed by atoms with van der Waals surface area (Å²) in [5, 5.41) is 4.24. The fourth-order valence-corrected chi connectivity index (χ4v) is 0.902. The first-order valence-corrected chi connectivity index (χ1v) is 5.09. The molecule has 0 aromatic carbocycles. The van der Waals surface area contributed by atoms with Crippen LogP contribution in [-0.4, -0.2) is 30.6 Å². The third kappa shape index (κ3) is 10.4. The van der Waals surface area contributed by atoms with Crippen molar-refractivity contribution in [2.45, 2.75) is 26.4 Å². The van der Waals surface area contributed by atoms with E-state index in [0.717, 1.165) is 25.0 Å². The molecule has 0 aliphatic rings. The summed E-state index contributed by atoms with van der Waals surface area (Å²) < 4.78 is 5.50. The van der Waals surface area contributed by atoms with E-state index in [9.17, 15) is 0 Å². The Hall–Kier alpha value is 0.400. The van der Waals surface area contributed by atoms with Gasteiger partial charge in [0, 0.05) is 18.4 Å². The maximum atomic E-state index is 5.50. The second-order valence-electron chi connectivity index (χ2n) is 3.40. The molecule has 0 atom stereocenters. The number of rotatable bonds is 5. The van der Waals surface area contributed by atoms with E-state index in [1.807, 2.05) is 0 Å². The second kappa shape index (κ2) is 5.98. The standard InChI is InChI=1S/C8H18BrNO/c1-8(2,3)11-7-6-10-5-4-9/h10H,4-7H2,1-3H3. The summed E-state index contributed by atoms with van der Waals surface area (Å²) in [6, 6.07) is 0. The van der Waals surface area contributed by atoms with Crippen LogP contribution in [0.4, 0.5) is 0 Å². The molecule has 3 heteroatoms. The van der Waals surface area contributed by atoms with Crippen LogP contribution in [0.5, 0.6) is 0 Å². The minimum atomic E-state index is -0.00389. The fraction of sp³-hybridized carbons (Fsp3) is 1.00. The van der Waals surface area contributed by atoms with E-state index in [-0.39, 0.29) is 5.60 Å². The average Bonchev–Trinajstić information content (AvgIpc) is 1.85. The summed E-state index contributed by atoms with van der Waals surface area (Å²) in [7, 11) is 0. The molecule has 0 radical (unpaired) electrons. The molecule has 0 saturated heterocycles. The smallest absolute Gasteiger partial charge is 0.0599 e. The molecule has 1 N–H and O–H groups in total. The van der Waals surface area contributed by atoms with Crippen molar-refractivity contribution < 1.29 is 4.74 Å². The van der Waals surface area contributed by atoms with Crippen molar-refractivity contribution in [1.29, 1.82) is 0 Å². The molecule has 0 amide bonds. The van der Waals surface area contributed by atoms with Crippen LogP contribution in [-0.2, 0) is 4.74 Å². The molecule has 0 aliphatic carbocycles. The highest BCUT2D eigenvalue weighted by Crippen LogP contribution is 2.04. The Bertz CT molecular complexity index is 90.6. The second-order valence-corrected chi connectivity index (χ2v) is 4.19. The van der Waals surface area contributed by atoms with Gasteiger partial charge in [-0.1, -0.05) is 15.9 Å². The zero-order valence-corrected chi connectivity index (χ0v) is 9.20. The zero-order valence-electron chi connectivity index (χ0n) is 7.61. The molecule has 68 valence electrons. The molecule has 0 aliphatic heterocycles. The van der Waals surface area contributed by atoms with Crippen LogP contribution >= 0.6 is 15.9 Å². The first-order chi connectivity index (χ1) is 5.06. The lowest BCUT2D eigenvalue weighted by Gasteiger charge is -2.19. The van der Waals surface area contributed by atoms with Gasteiger partial charge in [0.1, 0.15) is 0 Å². The summed E-state index contributed by atoms with van der Waals surface area (Å²) >= 11 is 3.34. The Kier molecular flexibility index (Phi) is 6.19. The Morgan fingerprint density at radius 2 is 1.91 bits per heavy atom.